The van der Waals surface area contributed by atoms with Crippen LogP contribution in [0.2, 0.25) is 0 Å². The number of allylic oxidation sites excluding steroid dienone is 6. The third kappa shape index (κ3) is 3.70. The molecule has 0 heterocycles. The lowest BCUT2D eigenvalue weighted by Crippen LogP contribution is -2.15. The Kier molecular flexibility index (Phi) is 4.99. The smallest absolute Gasteiger partial charge is 0.0468 e. The Hall–Kier alpha value is -3.32. The Bertz CT molecular complexity index is 1070. The molecule has 0 aliphatic heterocycles. The van der Waals surface area contributed by atoms with Crippen LogP contribution in [0, 0.1) is 5.41 Å². The summed E-state index contributed by atoms with van der Waals surface area (Å²) in [7, 11) is 0. The largest absolute Gasteiger partial charge is 0.310 e. The van der Waals surface area contributed by atoms with E-state index in [-0.39, 0.29) is 5.41 Å². The van der Waals surface area contributed by atoms with E-state index in [0.29, 0.717) is 0 Å². The van der Waals surface area contributed by atoms with E-state index in [1.54, 1.807) is 0 Å². The molecule has 0 amide bonds. The highest BCUT2D eigenvalue weighted by Gasteiger charge is 2.19. The first-order valence-electron chi connectivity index (χ1n) is 9.72. The molecule has 1 nitrogen and oxygen atoms in total. The van der Waals surface area contributed by atoms with Crippen LogP contribution >= 0.6 is 0 Å². The fourth-order valence-corrected chi connectivity index (χ4v) is 3.69. The summed E-state index contributed by atoms with van der Waals surface area (Å²) in [6.45, 7) is 6.15. The number of fused-ring (bicyclic) bond motifs is 1. The van der Waals surface area contributed by atoms with Crippen LogP contribution in [0.5, 0.6) is 0 Å². The van der Waals surface area contributed by atoms with Gasteiger partial charge in [0.25, 0.3) is 0 Å². The number of anilines is 2. The van der Waals surface area contributed by atoms with Crippen LogP contribution in [0.4, 0.5) is 11.4 Å². The topological polar surface area (TPSA) is 3.24 Å². The van der Waals surface area contributed by atoms with Crippen LogP contribution in [0.1, 0.15) is 13.3 Å². The Balaban J connectivity index is 1.82. The maximum Gasteiger partial charge on any atom is 0.0468 e. The van der Waals surface area contributed by atoms with E-state index in [1.165, 1.54) is 10.8 Å². The molecular formula is C27H25N. The van der Waals surface area contributed by atoms with Gasteiger partial charge < -0.3 is 4.90 Å². The molecule has 3 aromatic carbocycles. The molecule has 1 atom stereocenters. The standard InChI is InChI=1S/C27H25N/c1-3-18-27(2)19-9-14-25(17-20-27)28(24-12-5-4-6-13-24)26-16-15-22-10-7-8-11-23(22)21-26/h3-17,19-21H,1,18H2,2H3. The van der Waals surface area contributed by atoms with Crippen molar-refractivity contribution < 1.29 is 0 Å². The molecule has 4 rings (SSSR count). The van der Waals surface area contributed by atoms with Gasteiger partial charge in [-0.15, -0.1) is 6.58 Å². The Labute approximate surface area is 167 Å². The number of para-hydroxylation sites is 1. The number of rotatable bonds is 5. The Morgan fingerprint density at radius 3 is 2.39 bits per heavy atom. The lowest BCUT2D eigenvalue weighted by molar-refractivity contribution is 0.563. The van der Waals surface area contributed by atoms with Crippen molar-refractivity contribution in [3.63, 3.8) is 0 Å². The Morgan fingerprint density at radius 2 is 1.61 bits per heavy atom. The SMILES string of the molecule is C=CCC1(C)C=CC=C(N(c2ccccc2)c2ccc3ccccc3c2)C=C1. The predicted octanol–water partition coefficient (Wildman–Crippen LogP) is 7.57. The zero-order valence-corrected chi connectivity index (χ0v) is 16.3. The normalized spacial score (nSPS) is 18.5. The first-order chi connectivity index (χ1) is 13.7. The van der Waals surface area contributed by atoms with Crippen LogP contribution in [-0.2, 0) is 0 Å². The van der Waals surface area contributed by atoms with Crippen molar-refractivity contribution in [2.45, 2.75) is 13.3 Å². The molecule has 0 aromatic heterocycles. The third-order valence-electron chi connectivity index (χ3n) is 5.23. The fraction of sp³-hybridized carbons (Fsp3) is 0.111. The van der Waals surface area contributed by atoms with Crippen LogP contribution in [-0.4, -0.2) is 0 Å². The van der Waals surface area contributed by atoms with Crippen molar-refractivity contribution in [3.8, 4) is 0 Å². The monoisotopic (exact) mass is 363 g/mol. The molecular weight excluding hydrogens is 338 g/mol. The molecule has 1 unspecified atom stereocenters. The van der Waals surface area contributed by atoms with Crippen LogP contribution in [0.15, 0.2) is 122 Å². The van der Waals surface area contributed by atoms with Crippen LogP contribution in [0.3, 0.4) is 0 Å². The molecule has 1 heteroatoms. The van der Waals surface area contributed by atoms with Crippen LogP contribution in [0.25, 0.3) is 10.8 Å². The van der Waals surface area contributed by atoms with E-state index in [9.17, 15) is 0 Å². The highest BCUT2D eigenvalue weighted by molar-refractivity contribution is 5.88. The zero-order chi connectivity index (χ0) is 19.4. The molecule has 0 N–H and O–H groups in total. The van der Waals surface area contributed by atoms with Crippen molar-refractivity contribution in [1.82, 2.24) is 0 Å². The van der Waals surface area contributed by atoms with Crippen molar-refractivity contribution in [3.05, 3.63) is 122 Å². The lowest BCUT2D eigenvalue weighted by atomic mass is 9.86. The van der Waals surface area contributed by atoms with E-state index >= 15 is 0 Å². The number of hydrogen-bond donors (Lipinski definition) is 0. The molecule has 0 saturated heterocycles. The molecule has 1 aliphatic carbocycles. The second kappa shape index (κ2) is 7.74. The minimum absolute atomic E-state index is 0.00819. The number of hydrogen-bond acceptors (Lipinski definition) is 1. The van der Waals surface area contributed by atoms with Gasteiger partial charge in [0.1, 0.15) is 0 Å². The van der Waals surface area contributed by atoms with Crippen molar-refractivity contribution >= 4 is 22.1 Å². The third-order valence-corrected chi connectivity index (χ3v) is 5.23. The van der Waals surface area contributed by atoms with Gasteiger partial charge in [-0.25, -0.2) is 0 Å². The van der Waals surface area contributed by atoms with E-state index in [2.05, 4.69) is 122 Å². The second-order valence-electron chi connectivity index (χ2n) is 7.49. The summed E-state index contributed by atoms with van der Waals surface area (Å²) in [6.07, 6.45) is 14.0. The maximum absolute atomic E-state index is 3.91. The molecule has 1 aliphatic rings. The molecule has 28 heavy (non-hydrogen) atoms. The molecule has 0 saturated carbocycles. The van der Waals surface area contributed by atoms with Crippen molar-refractivity contribution in [2.24, 2.45) is 5.41 Å². The summed E-state index contributed by atoms with van der Waals surface area (Å²) < 4.78 is 0. The average Bonchev–Trinajstić information content (AvgIpc) is 2.91. The molecule has 0 bridgehead atoms. The summed E-state index contributed by atoms with van der Waals surface area (Å²) >= 11 is 0. The van der Waals surface area contributed by atoms with Gasteiger partial charge in [0.15, 0.2) is 0 Å². The highest BCUT2D eigenvalue weighted by atomic mass is 15.1. The first-order valence-corrected chi connectivity index (χ1v) is 9.72. The summed E-state index contributed by atoms with van der Waals surface area (Å²) in [5.41, 5.74) is 3.44. The van der Waals surface area contributed by atoms with E-state index < -0.39 is 0 Å². The minimum atomic E-state index is -0.00819. The van der Waals surface area contributed by atoms with Gasteiger partial charge in [0.05, 0.1) is 0 Å². The zero-order valence-electron chi connectivity index (χ0n) is 16.3. The van der Waals surface area contributed by atoms with Crippen LogP contribution < -0.4 is 4.90 Å². The van der Waals surface area contributed by atoms with Crippen molar-refractivity contribution in [1.29, 1.82) is 0 Å². The van der Waals surface area contributed by atoms with E-state index in [4.69, 9.17) is 0 Å². The van der Waals surface area contributed by atoms with Crippen molar-refractivity contribution in [2.75, 3.05) is 4.90 Å². The summed E-state index contributed by atoms with van der Waals surface area (Å²) in [5.74, 6) is 0. The number of nitrogens with zero attached hydrogens (tertiary/aromatic N) is 1. The Morgan fingerprint density at radius 1 is 0.857 bits per heavy atom. The predicted molar refractivity (Wildman–Crippen MR) is 122 cm³/mol. The number of benzene rings is 3. The summed E-state index contributed by atoms with van der Waals surface area (Å²) in [6, 6.07) is 25.7. The molecule has 0 spiro atoms. The molecule has 0 fully saturated rings. The fourth-order valence-electron chi connectivity index (χ4n) is 3.69. The second-order valence-corrected chi connectivity index (χ2v) is 7.49. The van der Waals surface area contributed by atoms with E-state index in [1.807, 2.05) is 6.08 Å². The first kappa shape index (κ1) is 18.1. The minimum Gasteiger partial charge on any atom is -0.310 e. The molecule has 0 radical (unpaired) electrons. The molecule has 138 valence electrons. The van der Waals surface area contributed by atoms with Gasteiger partial charge >= 0.3 is 0 Å². The van der Waals surface area contributed by atoms with Gasteiger partial charge in [-0.1, -0.05) is 79.8 Å². The van der Waals surface area contributed by atoms with Gasteiger partial charge in [-0.05, 0) is 53.6 Å². The maximum atomic E-state index is 3.91. The van der Waals surface area contributed by atoms with Gasteiger partial charge in [-0.3, -0.25) is 0 Å². The molecule has 3 aromatic rings. The van der Waals surface area contributed by atoms with Gasteiger partial charge in [0.2, 0.25) is 0 Å². The lowest BCUT2D eigenvalue weighted by Gasteiger charge is -2.27. The quantitative estimate of drug-likeness (QED) is 0.422. The summed E-state index contributed by atoms with van der Waals surface area (Å²) in [4.78, 5) is 2.31. The van der Waals surface area contributed by atoms with Gasteiger partial charge in [-0.2, -0.15) is 0 Å². The average molecular weight is 364 g/mol. The van der Waals surface area contributed by atoms with E-state index in [0.717, 1.165) is 23.5 Å². The highest BCUT2D eigenvalue weighted by Crippen LogP contribution is 2.35. The summed E-state index contributed by atoms with van der Waals surface area (Å²) in [5, 5.41) is 2.49. The van der Waals surface area contributed by atoms with Gasteiger partial charge in [0, 0.05) is 22.5 Å².